The highest BCUT2D eigenvalue weighted by molar-refractivity contribution is 14.1. The molecule has 0 spiro atoms. The van der Waals surface area contributed by atoms with E-state index in [0.29, 0.717) is 11.6 Å². The van der Waals surface area contributed by atoms with E-state index in [0.717, 1.165) is 35.9 Å². The van der Waals surface area contributed by atoms with Gasteiger partial charge in [-0.25, -0.2) is 0 Å². The SMILES string of the molecule is O=[N+]([O-])c1cc(I)ccc1N1CCCC(CCO)C1. The van der Waals surface area contributed by atoms with E-state index in [1.165, 1.54) is 0 Å². The molecule has 1 fully saturated rings. The quantitative estimate of drug-likeness (QED) is 0.499. The molecule has 1 aliphatic rings. The number of rotatable bonds is 4. The topological polar surface area (TPSA) is 66.6 Å². The number of nitro benzene ring substituents is 1. The van der Waals surface area contributed by atoms with Crippen LogP contribution >= 0.6 is 22.6 Å². The van der Waals surface area contributed by atoms with E-state index in [1.807, 2.05) is 12.1 Å². The van der Waals surface area contributed by atoms with Crippen molar-refractivity contribution in [3.63, 3.8) is 0 Å². The first-order chi connectivity index (χ1) is 9.11. The number of aliphatic hydroxyl groups is 1. The molecule has 1 aromatic rings. The minimum absolute atomic E-state index is 0.177. The lowest BCUT2D eigenvalue weighted by atomic mass is 9.94. The number of anilines is 1. The van der Waals surface area contributed by atoms with E-state index >= 15 is 0 Å². The molecule has 0 radical (unpaired) electrons. The first-order valence-corrected chi connectivity index (χ1v) is 7.49. The van der Waals surface area contributed by atoms with E-state index in [4.69, 9.17) is 5.11 Å². The van der Waals surface area contributed by atoms with Gasteiger partial charge in [-0.2, -0.15) is 0 Å². The van der Waals surface area contributed by atoms with Gasteiger partial charge in [-0.15, -0.1) is 0 Å². The van der Waals surface area contributed by atoms with Gasteiger partial charge in [-0.3, -0.25) is 10.1 Å². The third-order valence-electron chi connectivity index (χ3n) is 3.53. The van der Waals surface area contributed by atoms with Crippen molar-refractivity contribution in [2.75, 3.05) is 24.6 Å². The van der Waals surface area contributed by atoms with Crippen LogP contribution in [-0.4, -0.2) is 29.7 Å². The minimum Gasteiger partial charge on any atom is -0.396 e. The highest BCUT2D eigenvalue weighted by Crippen LogP contribution is 2.33. The zero-order valence-corrected chi connectivity index (χ0v) is 12.7. The van der Waals surface area contributed by atoms with Crippen molar-refractivity contribution in [2.24, 2.45) is 5.92 Å². The zero-order chi connectivity index (χ0) is 13.8. The third-order valence-corrected chi connectivity index (χ3v) is 4.20. The van der Waals surface area contributed by atoms with Crippen molar-refractivity contribution in [2.45, 2.75) is 19.3 Å². The Morgan fingerprint density at radius 3 is 3.00 bits per heavy atom. The first-order valence-electron chi connectivity index (χ1n) is 6.41. The summed E-state index contributed by atoms with van der Waals surface area (Å²) in [5, 5.41) is 20.2. The van der Waals surface area contributed by atoms with Crippen LogP contribution in [0.2, 0.25) is 0 Å². The number of aliphatic hydroxyl groups excluding tert-OH is 1. The molecule has 1 heterocycles. The monoisotopic (exact) mass is 376 g/mol. The number of piperidine rings is 1. The number of halogens is 1. The van der Waals surface area contributed by atoms with Gasteiger partial charge in [0.1, 0.15) is 5.69 Å². The smallest absolute Gasteiger partial charge is 0.293 e. The Hall–Kier alpha value is -0.890. The maximum atomic E-state index is 11.2. The fourth-order valence-electron chi connectivity index (χ4n) is 2.61. The predicted octanol–water partition coefficient (Wildman–Crippen LogP) is 2.80. The van der Waals surface area contributed by atoms with Gasteiger partial charge in [-0.05, 0) is 59.9 Å². The summed E-state index contributed by atoms with van der Waals surface area (Å²) in [4.78, 5) is 12.9. The van der Waals surface area contributed by atoms with Crippen LogP contribution in [0.1, 0.15) is 19.3 Å². The molecular weight excluding hydrogens is 359 g/mol. The van der Waals surface area contributed by atoms with Crippen LogP contribution in [0.15, 0.2) is 18.2 Å². The Morgan fingerprint density at radius 1 is 1.53 bits per heavy atom. The van der Waals surface area contributed by atoms with Crippen LogP contribution in [-0.2, 0) is 0 Å². The zero-order valence-electron chi connectivity index (χ0n) is 10.6. The molecule has 1 aliphatic heterocycles. The molecule has 1 aromatic carbocycles. The van der Waals surface area contributed by atoms with Crippen LogP contribution in [0.25, 0.3) is 0 Å². The van der Waals surface area contributed by atoms with Gasteiger partial charge >= 0.3 is 0 Å². The molecule has 6 heteroatoms. The Morgan fingerprint density at radius 2 is 2.32 bits per heavy atom. The molecule has 0 bridgehead atoms. The van der Waals surface area contributed by atoms with Crippen LogP contribution in [0.3, 0.4) is 0 Å². The molecule has 1 unspecified atom stereocenters. The van der Waals surface area contributed by atoms with Crippen molar-refractivity contribution < 1.29 is 10.0 Å². The largest absolute Gasteiger partial charge is 0.396 e. The van der Waals surface area contributed by atoms with Gasteiger partial charge < -0.3 is 10.0 Å². The van der Waals surface area contributed by atoms with Gasteiger partial charge in [0.05, 0.1) is 4.92 Å². The molecule has 5 nitrogen and oxygen atoms in total. The maximum Gasteiger partial charge on any atom is 0.293 e. The van der Waals surface area contributed by atoms with Gasteiger partial charge in [0.2, 0.25) is 0 Å². The fourth-order valence-corrected chi connectivity index (χ4v) is 3.09. The molecule has 1 saturated heterocycles. The minimum atomic E-state index is -0.312. The van der Waals surface area contributed by atoms with Crippen molar-refractivity contribution in [3.05, 3.63) is 31.9 Å². The maximum absolute atomic E-state index is 11.2. The molecule has 0 amide bonds. The van der Waals surface area contributed by atoms with Crippen molar-refractivity contribution >= 4 is 34.0 Å². The third kappa shape index (κ3) is 3.56. The Kier molecular flexibility index (Phi) is 4.98. The molecular formula is C13H17IN2O3. The van der Waals surface area contributed by atoms with Gasteiger partial charge in [0.15, 0.2) is 0 Å². The second-order valence-electron chi connectivity index (χ2n) is 4.86. The predicted molar refractivity (Wildman–Crippen MR) is 82.5 cm³/mol. The summed E-state index contributed by atoms with van der Waals surface area (Å²) < 4.78 is 0.872. The number of nitrogens with zero attached hydrogens (tertiary/aromatic N) is 2. The molecule has 1 atom stereocenters. The van der Waals surface area contributed by atoms with E-state index in [2.05, 4.69) is 27.5 Å². The second-order valence-corrected chi connectivity index (χ2v) is 6.10. The van der Waals surface area contributed by atoms with Gasteiger partial charge in [0.25, 0.3) is 5.69 Å². The summed E-state index contributed by atoms with van der Waals surface area (Å²) in [6, 6.07) is 5.35. The number of benzene rings is 1. The van der Waals surface area contributed by atoms with Crippen molar-refractivity contribution in [3.8, 4) is 0 Å². The summed E-state index contributed by atoms with van der Waals surface area (Å²) in [7, 11) is 0. The van der Waals surface area contributed by atoms with Crippen LogP contribution in [0, 0.1) is 19.6 Å². The van der Waals surface area contributed by atoms with Crippen LogP contribution in [0.5, 0.6) is 0 Å². The normalized spacial score (nSPS) is 19.5. The van der Waals surface area contributed by atoms with Crippen LogP contribution < -0.4 is 4.90 Å². The molecule has 0 saturated carbocycles. The standard InChI is InChI=1S/C13H17IN2O3/c14-11-3-4-12(13(8-11)16(18)19)15-6-1-2-10(9-15)5-7-17/h3-4,8,10,17H,1-2,5-7,9H2. The van der Waals surface area contributed by atoms with E-state index in [1.54, 1.807) is 6.07 Å². The van der Waals surface area contributed by atoms with Crippen LogP contribution in [0.4, 0.5) is 11.4 Å². The Labute approximate surface area is 125 Å². The lowest BCUT2D eigenvalue weighted by Gasteiger charge is -2.33. The molecule has 0 aliphatic carbocycles. The average Bonchev–Trinajstić information content (AvgIpc) is 2.39. The summed E-state index contributed by atoms with van der Waals surface area (Å²) in [6.45, 7) is 1.83. The lowest BCUT2D eigenvalue weighted by molar-refractivity contribution is -0.384. The average molecular weight is 376 g/mol. The summed E-state index contributed by atoms with van der Waals surface area (Å²) in [5.41, 5.74) is 0.879. The fraction of sp³-hybridized carbons (Fsp3) is 0.538. The highest BCUT2D eigenvalue weighted by atomic mass is 127. The summed E-state index contributed by atoms with van der Waals surface area (Å²) in [5.74, 6) is 0.428. The molecule has 2 rings (SSSR count). The van der Waals surface area contributed by atoms with E-state index in [9.17, 15) is 10.1 Å². The number of nitro groups is 1. The number of hydrogen-bond acceptors (Lipinski definition) is 4. The molecule has 104 valence electrons. The van der Waals surface area contributed by atoms with E-state index in [-0.39, 0.29) is 17.2 Å². The van der Waals surface area contributed by atoms with Crippen molar-refractivity contribution in [1.29, 1.82) is 0 Å². The molecule has 1 N–H and O–H groups in total. The molecule has 0 aromatic heterocycles. The second kappa shape index (κ2) is 6.51. The Balaban J connectivity index is 2.23. The summed E-state index contributed by atoms with van der Waals surface area (Å²) >= 11 is 2.09. The number of hydrogen-bond donors (Lipinski definition) is 1. The molecule has 19 heavy (non-hydrogen) atoms. The first kappa shape index (κ1) is 14.5. The van der Waals surface area contributed by atoms with Gasteiger partial charge in [0, 0.05) is 29.3 Å². The van der Waals surface area contributed by atoms with E-state index < -0.39 is 0 Å². The lowest BCUT2D eigenvalue weighted by Crippen LogP contribution is -2.36. The summed E-state index contributed by atoms with van der Waals surface area (Å²) in [6.07, 6.45) is 2.89. The van der Waals surface area contributed by atoms with Gasteiger partial charge in [-0.1, -0.05) is 0 Å². The highest BCUT2D eigenvalue weighted by Gasteiger charge is 2.25. The Bertz CT molecular complexity index is 465. The van der Waals surface area contributed by atoms with Crippen molar-refractivity contribution in [1.82, 2.24) is 0 Å².